The molecule has 140 valence electrons. The zero-order chi connectivity index (χ0) is 19.5. The van der Waals surface area contributed by atoms with Gasteiger partial charge in [0.15, 0.2) is 0 Å². The molecule has 0 radical (unpaired) electrons. The van der Waals surface area contributed by atoms with Crippen LogP contribution in [-0.2, 0) is 9.59 Å². The first-order chi connectivity index (χ1) is 12.1. The minimum absolute atomic E-state index is 0.276. The Morgan fingerprint density at radius 1 is 0.731 bits per heavy atom. The molecule has 0 fully saturated rings. The van der Waals surface area contributed by atoms with Crippen molar-refractivity contribution in [3.8, 4) is 11.5 Å². The van der Waals surface area contributed by atoms with Gasteiger partial charge >= 0.3 is 11.9 Å². The van der Waals surface area contributed by atoms with Gasteiger partial charge in [-0.05, 0) is 52.7 Å². The van der Waals surface area contributed by atoms with Crippen molar-refractivity contribution in [1.29, 1.82) is 0 Å². The van der Waals surface area contributed by atoms with Gasteiger partial charge in [0.05, 0.1) is 10.8 Å². The number of ether oxygens (including phenoxy) is 2. The third kappa shape index (κ3) is 4.06. The number of carbonyl (C=O) groups excluding carboxylic acids is 2. The summed E-state index contributed by atoms with van der Waals surface area (Å²) in [5.74, 6) is 0.396. The van der Waals surface area contributed by atoms with Gasteiger partial charge in [0.1, 0.15) is 11.5 Å². The molecule has 0 amide bonds. The fourth-order valence-electron chi connectivity index (χ4n) is 2.19. The number of esters is 2. The summed E-state index contributed by atoms with van der Waals surface area (Å²) in [4.78, 5) is 24.9. The maximum absolute atomic E-state index is 12.4. The van der Waals surface area contributed by atoms with Crippen molar-refractivity contribution in [2.75, 3.05) is 0 Å². The summed E-state index contributed by atoms with van der Waals surface area (Å²) in [6.45, 7) is 11.4. The average molecular weight is 356 g/mol. The summed E-state index contributed by atoms with van der Waals surface area (Å²) in [6.07, 6.45) is 1.37. The lowest BCUT2D eigenvalue weighted by Gasteiger charge is -2.22. The Morgan fingerprint density at radius 2 is 1.08 bits per heavy atom. The highest BCUT2D eigenvalue weighted by molar-refractivity contribution is 5.96. The van der Waals surface area contributed by atoms with Gasteiger partial charge in [-0.3, -0.25) is 9.59 Å². The van der Waals surface area contributed by atoms with Crippen LogP contribution in [0.2, 0.25) is 0 Å². The molecule has 0 bridgehead atoms. The van der Waals surface area contributed by atoms with E-state index in [1.54, 1.807) is 12.1 Å². The van der Waals surface area contributed by atoms with Crippen LogP contribution in [0, 0.1) is 10.8 Å². The Balaban J connectivity index is 2.41. The lowest BCUT2D eigenvalue weighted by atomic mass is 9.90. The molecule has 0 saturated carbocycles. The van der Waals surface area contributed by atoms with Crippen LogP contribution < -0.4 is 9.47 Å². The monoisotopic (exact) mass is 356 g/mol. The molecule has 4 heteroatoms. The molecule has 26 heavy (non-hydrogen) atoms. The van der Waals surface area contributed by atoms with Gasteiger partial charge < -0.3 is 9.47 Å². The van der Waals surface area contributed by atoms with Gasteiger partial charge in [-0.15, -0.1) is 0 Å². The van der Waals surface area contributed by atoms with E-state index in [0.717, 1.165) is 10.8 Å². The largest absolute Gasteiger partial charge is 0.425 e. The first kappa shape index (κ1) is 20.0. The SMILES string of the molecule is CCC(C)(C)C(=O)Oc1ccc(OC(=O)C(C)(C)CC)c2ccccc12. The van der Waals surface area contributed by atoms with Crippen LogP contribution in [0.25, 0.3) is 10.8 Å². The number of benzene rings is 2. The van der Waals surface area contributed by atoms with Gasteiger partial charge in [-0.25, -0.2) is 0 Å². The predicted molar refractivity (Wildman–Crippen MR) is 103 cm³/mol. The normalized spacial score (nSPS) is 12.1. The smallest absolute Gasteiger partial charge is 0.316 e. The maximum Gasteiger partial charge on any atom is 0.316 e. The lowest BCUT2D eigenvalue weighted by molar-refractivity contribution is -0.145. The molecule has 0 saturated heterocycles. The molecule has 0 aliphatic rings. The molecule has 2 rings (SSSR count). The van der Waals surface area contributed by atoms with E-state index in [-0.39, 0.29) is 11.9 Å². The highest BCUT2D eigenvalue weighted by Gasteiger charge is 2.30. The second-order valence-corrected chi connectivity index (χ2v) is 7.86. The lowest BCUT2D eigenvalue weighted by Crippen LogP contribution is -2.28. The molecule has 0 spiro atoms. The molecule has 0 aliphatic carbocycles. The van der Waals surface area contributed by atoms with E-state index in [2.05, 4.69) is 0 Å². The van der Waals surface area contributed by atoms with E-state index in [9.17, 15) is 9.59 Å². The summed E-state index contributed by atoms with van der Waals surface area (Å²) < 4.78 is 11.3. The fourth-order valence-corrected chi connectivity index (χ4v) is 2.19. The van der Waals surface area contributed by atoms with E-state index in [4.69, 9.17) is 9.47 Å². The number of hydrogen-bond acceptors (Lipinski definition) is 4. The number of carbonyl (C=O) groups is 2. The van der Waals surface area contributed by atoms with Crippen LogP contribution in [0.3, 0.4) is 0 Å². The third-order valence-corrected chi connectivity index (χ3v) is 5.12. The molecular formula is C22H28O4. The van der Waals surface area contributed by atoms with Crippen molar-refractivity contribution in [1.82, 2.24) is 0 Å². The fraction of sp³-hybridized carbons (Fsp3) is 0.455. The quantitative estimate of drug-likeness (QED) is 0.505. The van der Waals surface area contributed by atoms with Crippen molar-refractivity contribution in [2.24, 2.45) is 10.8 Å². The highest BCUT2D eigenvalue weighted by atomic mass is 16.5. The molecule has 2 aromatic carbocycles. The predicted octanol–water partition coefficient (Wildman–Crippen LogP) is 5.52. The second kappa shape index (κ2) is 7.48. The average Bonchev–Trinajstić information content (AvgIpc) is 2.63. The van der Waals surface area contributed by atoms with Crippen molar-refractivity contribution in [3.05, 3.63) is 36.4 Å². The molecule has 0 N–H and O–H groups in total. The Labute approximate surface area is 155 Å². The number of fused-ring (bicyclic) bond motifs is 1. The van der Waals surface area contributed by atoms with E-state index in [1.165, 1.54) is 0 Å². The van der Waals surface area contributed by atoms with Crippen molar-refractivity contribution in [2.45, 2.75) is 54.4 Å². The van der Waals surface area contributed by atoms with Gasteiger partial charge in [0.2, 0.25) is 0 Å². The zero-order valence-electron chi connectivity index (χ0n) is 16.5. The van der Waals surface area contributed by atoms with Crippen LogP contribution >= 0.6 is 0 Å². The van der Waals surface area contributed by atoms with Gasteiger partial charge in [0.25, 0.3) is 0 Å². The molecule has 0 aromatic heterocycles. The van der Waals surface area contributed by atoms with Crippen LogP contribution in [0.15, 0.2) is 36.4 Å². The van der Waals surface area contributed by atoms with E-state index in [0.29, 0.717) is 24.3 Å². The summed E-state index contributed by atoms with van der Waals surface area (Å²) in [5.41, 5.74) is -1.12. The van der Waals surface area contributed by atoms with Crippen molar-refractivity contribution < 1.29 is 19.1 Å². The first-order valence-corrected chi connectivity index (χ1v) is 9.08. The van der Waals surface area contributed by atoms with E-state index < -0.39 is 10.8 Å². The Bertz CT molecular complexity index is 750. The first-order valence-electron chi connectivity index (χ1n) is 9.08. The zero-order valence-corrected chi connectivity index (χ0v) is 16.5. The third-order valence-electron chi connectivity index (χ3n) is 5.12. The van der Waals surface area contributed by atoms with Crippen molar-refractivity contribution in [3.63, 3.8) is 0 Å². The molecule has 2 aromatic rings. The van der Waals surface area contributed by atoms with Gasteiger partial charge in [-0.1, -0.05) is 38.1 Å². The summed E-state index contributed by atoms with van der Waals surface area (Å²) in [6, 6.07) is 10.8. The van der Waals surface area contributed by atoms with E-state index in [1.807, 2.05) is 65.8 Å². The van der Waals surface area contributed by atoms with Gasteiger partial charge in [0, 0.05) is 10.8 Å². The summed E-state index contributed by atoms with van der Waals surface area (Å²) >= 11 is 0. The highest BCUT2D eigenvalue weighted by Crippen LogP contribution is 2.36. The molecule has 0 heterocycles. The Hall–Kier alpha value is -2.36. The van der Waals surface area contributed by atoms with Crippen LogP contribution in [0.1, 0.15) is 54.4 Å². The minimum atomic E-state index is -0.558. The Morgan fingerprint density at radius 3 is 1.38 bits per heavy atom. The molecule has 0 unspecified atom stereocenters. The maximum atomic E-state index is 12.4. The summed E-state index contributed by atoms with van der Waals surface area (Å²) in [7, 11) is 0. The van der Waals surface area contributed by atoms with E-state index >= 15 is 0 Å². The van der Waals surface area contributed by atoms with Crippen molar-refractivity contribution >= 4 is 22.7 Å². The van der Waals surface area contributed by atoms with Crippen LogP contribution in [0.4, 0.5) is 0 Å². The molecule has 0 aliphatic heterocycles. The Kier molecular flexibility index (Phi) is 5.74. The summed E-state index contributed by atoms with van der Waals surface area (Å²) in [5, 5.41) is 1.49. The number of rotatable bonds is 6. The molecule has 4 nitrogen and oxygen atoms in total. The van der Waals surface area contributed by atoms with Crippen LogP contribution in [-0.4, -0.2) is 11.9 Å². The van der Waals surface area contributed by atoms with Gasteiger partial charge in [-0.2, -0.15) is 0 Å². The second-order valence-electron chi connectivity index (χ2n) is 7.86. The standard InChI is InChI=1S/C22H28O4/c1-7-21(3,4)19(23)25-17-13-14-18(16-12-10-9-11-15(16)17)26-20(24)22(5,6)8-2/h9-14H,7-8H2,1-6H3. The molecular weight excluding hydrogens is 328 g/mol. The number of hydrogen-bond donors (Lipinski definition) is 0. The minimum Gasteiger partial charge on any atom is -0.425 e. The topological polar surface area (TPSA) is 52.6 Å². The molecule has 0 atom stereocenters. The van der Waals surface area contributed by atoms with Crippen LogP contribution in [0.5, 0.6) is 11.5 Å².